The third kappa shape index (κ3) is 2.27. The first-order valence-corrected chi connectivity index (χ1v) is 5.89. The van der Waals surface area contributed by atoms with Gasteiger partial charge in [0.2, 0.25) is 0 Å². The highest BCUT2D eigenvalue weighted by Crippen LogP contribution is 2.23. The Bertz CT molecular complexity index is 385. The molecule has 0 spiro atoms. The van der Waals surface area contributed by atoms with Gasteiger partial charge in [0.05, 0.1) is 11.9 Å². The van der Waals surface area contributed by atoms with E-state index in [0.29, 0.717) is 5.22 Å². The van der Waals surface area contributed by atoms with Crippen molar-refractivity contribution in [3.8, 4) is 0 Å². The maximum Gasteiger partial charge on any atom is 0.255 e. The second kappa shape index (κ2) is 4.47. The van der Waals surface area contributed by atoms with Crippen LogP contribution < -0.4 is 5.32 Å². The molecule has 2 heterocycles. The van der Waals surface area contributed by atoms with Crippen molar-refractivity contribution in [1.82, 2.24) is 9.97 Å². The van der Waals surface area contributed by atoms with Crippen molar-refractivity contribution in [2.75, 3.05) is 12.4 Å². The summed E-state index contributed by atoms with van der Waals surface area (Å²) < 4.78 is 5.10. The topological polar surface area (TPSA) is 51.0 Å². The Labute approximate surface area is 89.8 Å². The maximum absolute atomic E-state index is 5.10. The summed E-state index contributed by atoms with van der Waals surface area (Å²) in [4.78, 5) is 8.36. The van der Waals surface area contributed by atoms with Gasteiger partial charge in [0.25, 0.3) is 5.22 Å². The van der Waals surface area contributed by atoms with Crippen LogP contribution in [0.25, 0.3) is 0 Å². The highest BCUT2D eigenvalue weighted by molar-refractivity contribution is 7.98. The summed E-state index contributed by atoms with van der Waals surface area (Å²) in [5.41, 5.74) is 1.04. The first-order valence-electron chi connectivity index (χ1n) is 4.03. The number of thiazole rings is 1. The van der Waals surface area contributed by atoms with Crippen LogP contribution >= 0.6 is 23.1 Å². The molecule has 74 valence electrons. The minimum absolute atomic E-state index is 0.684. The third-order valence-electron chi connectivity index (χ3n) is 1.52. The van der Waals surface area contributed by atoms with Gasteiger partial charge in [-0.3, -0.25) is 0 Å². The first-order chi connectivity index (χ1) is 6.88. The van der Waals surface area contributed by atoms with E-state index < -0.39 is 0 Å². The molecule has 1 N–H and O–H groups in total. The molecule has 0 unspecified atom stereocenters. The van der Waals surface area contributed by atoms with Gasteiger partial charge in [-0.05, 0) is 0 Å². The van der Waals surface area contributed by atoms with Crippen LogP contribution in [0.2, 0.25) is 0 Å². The van der Waals surface area contributed by atoms with E-state index >= 15 is 0 Å². The lowest BCUT2D eigenvalue weighted by atomic mass is 10.6. The molecule has 0 aliphatic carbocycles. The van der Waals surface area contributed by atoms with Gasteiger partial charge in [0.1, 0.15) is 6.26 Å². The Morgan fingerprint density at radius 1 is 1.64 bits per heavy atom. The number of rotatable bonds is 4. The molecule has 4 nitrogen and oxygen atoms in total. The van der Waals surface area contributed by atoms with Crippen molar-refractivity contribution in [3.05, 3.63) is 23.5 Å². The molecule has 6 heteroatoms. The lowest BCUT2D eigenvalue weighted by Crippen LogP contribution is -1.87. The summed E-state index contributed by atoms with van der Waals surface area (Å²) >= 11 is 3.14. The van der Waals surface area contributed by atoms with Crippen LogP contribution in [0.3, 0.4) is 0 Å². The van der Waals surface area contributed by atoms with Crippen molar-refractivity contribution in [2.45, 2.75) is 11.0 Å². The van der Waals surface area contributed by atoms with Crippen LogP contribution in [0.5, 0.6) is 0 Å². The molecule has 0 amide bonds. The van der Waals surface area contributed by atoms with Gasteiger partial charge in [0, 0.05) is 18.2 Å². The Morgan fingerprint density at radius 3 is 3.21 bits per heavy atom. The van der Waals surface area contributed by atoms with Gasteiger partial charge >= 0.3 is 0 Å². The molecule has 2 rings (SSSR count). The van der Waals surface area contributed by atoms with Gasteiger partial charge in [-0.2, -0.15) is 0 Å². The number of hydrogen-bond donors (Lipinski definition) is 1. The molecule has 0 aromatic carbocycles. The quantitative estimate of drug-likeness (QED) is 0.813. The summed E-state index contributed by atoms with van der Waals surface area (Å²) in [6.45, 7) is 0. The van der Waals surface area contributed by atoms with E-state index in [4.69, 9.17) is 4.42 Å². The van der Waals surface area contributed by atoms with Gasteiger partial charge in [-0.25, -0.2) is 9.97 Å². The van der Waals surface area contributed by atoms with E-state index in [1.54, 1.807) is 35.6 Å². The predicted molar refractivity (Wildman–Crippen MR) is 57.7 cm³/mol. The minimum Gasteiger partial charge on any atom is -0.440 e. The molecule has 0 fully saturated rings. The van der Waals surface area contributed by atoms with Crippen molar-refractivity contribution in [2.24, 2.45) is 0 Å². The van der Waals surface area contributed by atoms with Crippen molar-refractivity contribution in [3.63, 3.8) is 0 Å². The molecule has 14 heavy (non-hydrogen) atoms. The normalized spacial score (nSPS) is 10.4. The first kappa shape index (κ1) is 9.54. The fraction of sp³-hybridized carbons (Fsp3) is 0.250. The Morgan fingerprint density at radius 2 is 2.57 bits per heavy atom. The summed E-state index contributed by atoms with van der Waals surface area (Å²) in [5, 5.41) is 6.65. The molecule has 0 aliphatic heterocycles. The van der Waals surface area contributed by atoms with Crippen molar-refractivity contribution < 1.29 is 4.42 Å². The molecule has 0 bridgehead atoms. The summed E-state index contributed by atoms with van der Waals surface area (Å²) in [7, 11) is 1.86. The lowest BCUT2D eigenvalue weighted by Gasteiger charge is -1.92. The van der Waals surface area contributed by atoms with E-state index in [1.165, 1.54) is 0 Å². The molecule has 0 radical (unpaired) electrons. The number of nitrogens with zero attached hydrogens (tertiary/aromatic N) is 2. The standard InChI is InChI=1S/C8H9N3OS2/c1-9-7-11-6(4-13-7)5-14-8-10-2-3-12-8/h2-4H,5H2,1H3,(H,9,11). The Hall–Kier alpha value is -1.01. The highest BCUT2D eigenvalue weighted by atomic mass is 32.2. The summed E-state index contributed by atoms with van der Waals surface area (Å²) in [6.07, 6.45) is 3.21. The number of thioether (sulfide) groups is 1. The van der Waals surface area contributed by atoms with Gasteiger partial charge in [-0.1, -0.05) is 11.8 Å². The van der Waals surface area contributed by atoms with Gasteiger partial charge in [-0.15, -0.1) is 11.3 Å². The molecule has 0 saturated carbocycles. The smallest absolute Gasteiger partial charge is 0.255 e. The monoisotopic (exact) mass is 227 g/mol. The molecule has 2 aromatic rings. The van der Waals surface area contributed by atoms with Crippen molar-refractivity contribution >= 4 is 28.2 Å². The van der Waals surface area contributed by atoms with Crippen molar-refractivity contribution in [1.29, 1.82) is 0 Å². The van der Waals surface area contributed by atoms with E-state index in [9.17, 15) is 0 Å². The van der Waals surface area contributed by atoms with Crippen LogP contribution in [-0.2, 0) is 5.75 Å². The second-order valence-corrected chi connectivity index (χ2v) is 4.27. The third-order valence-corrected chi connectivity index (χ3v) is 3.32. The number of nitrogens with one attached hydrogen (secondary N) is 1. The Balaban J connectivity index is 1.92. The fourth-order valence-corrected chi connectivity index (χ4v) is 2.36. The van der Waals surface area contributed by atoms with E-state index in [1.807, 2.05) is 12.4 Å². The van der Waals surface area contributed by atoms with Crippen LogP contribution in [0.15, 0.2) is 27.5 Å². The molecular formula is C8H9N3OS2. The number of anilines is 1. The minimum atomic E-state index is 0.684. The molecule has 0 saturated heterocycles. The maximum atomic E-state index is 5.10. The van der Waals surface area contributed by atoms with Crippen LogP contribution in [0.4, 0.5) is 5.13 Å². The van der Waals surface area contributed by atoms with E-state index in [2.05, 4.69) is 15.3 Å². The molecule has 0 aliphatic rings. The summed E-state index contributed by atoms with van der Waals surface area (Å²) in [6, 6.07) is 0. The number of aromatic nitrogens is 2. The fourth-order valence-electron chi connectivity index (χ4n) is 0.905. The number of hydrogen-bond acceptors (Lipinski definition) is 6. The zero-order valence-corrected chi connectivity index (χ0v) is 9.19. The molecule has 0 atom stereocenters. The highest BCUT2D eigenvalue weighted by Gasteiger charge is 2.03. The number of oxazole rings is 1. The molecule has 2 aromatic heterocycles. The van der Waals surface area contributed by atoms with Crippen LogP contribution in [-0.4, -0.2) is 17.0 Å². The van der Waals surface area contributed by atoms with Crippen LogP contribution in [0.1, 0.15) is 5.69 Å². The molecular weight excluding hydrogens is 218 g/mol. The zero-order valence-electron chi connectivity index (χ0n) is 7.56. The van der Waals surface area contributed by atoms with Gasteiger partial charge in [0.15, 0.2) is 5.13 Å². The SMILES string of the molecule is CNc1nc(CSc2ncco2)cs1. The van der Waals surface area contributed by atoms with E-state index in [-0.39, 0.29) is 0 Å². The average molecular weight is 227 g/mol. The van der Waals surface area contributed by atoms with Crippen LogP contribution in [0, 0.1) is 0 Å². The predicted octanol–water partition coefficient (Wildman–Crippen LogP) is 2.47. The Kier molecular flexibility index (Phi) is 3.05. The zero-order chi connectivity index (χ0) is 9.80. The lowest BCUT2D eigenvalue weighted by molar-refractivity contribution is 0.454. The summed E-state index contributed by atoms with van der Waals surface area (Å²) in [5.74, 6) is 0.790. The average Bonchev–Trinajstić information content (AvgIpc) is 2.86. The largest absolute Gasteiger partial charge is 0.440 e. The van der Waals surface area contributed by atoms with Gasteiger partial charge < -0.3 is 9.73 Å². The van der Waals surface area contributed by atoms with E-state index in [0.717, 1.165) is 16.6 Å². The second-order valence-electron chi connectivity index (χ2n) is 2.48.